The normalized spacial score (nSPS) is 21.0. The number of carbonyl (C=O) groups is 1. The Balaban J connectivity index is 2.10. The van der Waals surface area contributed by atoms with Crippen LogP contribution in [0.15, 0.2) is 18.2 Å². The Bertz CT molecular complexity index is 596. The number of nitrogen functional groups attached to an aromatic ring is 1. The number of sulfone groups is 1. The molecule has 0 aromatic heterocycles. The molecule has 1 saturated heterocycles. The minimum atomic E-state index is -3.07. The lowest BCUT2D eigenvalue weighted by Crippen LogP contribution is -2.19. The number of esters is 1. The molecule has 0 radical (unpaired) electrons. The second kappa shape index (κ2) is 5.08. The van der Waals surface area contributed by atoms with Gasteiger partial charge < -0.3 is 15.2 Å². The summed E-state index contributed by atoms with van der Waals surface area (Å²) in [6.07, 6.45) is -0.238. The Morgan fingerprint density at radius 2 is 2.11 bits per heavy atom. The summed E-state index contributed by atoms with van der Waals surface area (Å²) in [5, 5.41) is 0. The number of hydrogen-bond acceptors (Lipinski definition) is 6. The lowest BCUT2D eigenvalue weighted by atomic mass is 10.2. The Labute approximate surface area is 111 Å². The van der Waals surface area contributed by atoms with E-state index in [0.29, 0.717) is 17.9 Å². The Morgan fingerprint density at radius 1 is 1.37 bits per heavy atom. The number of carbonyl (C=O) groups excluding carboxylic acids is 1. The molecule has 1 aromatic carbocycles. The summed E-state index contributed by atoms with van der Waals surface area (Å²) >= 11 is 0. The Kier molecular flexibility index (Phi) is 3.66. The van der Waals surface area contributed by atoms with E-state index in [1.807, 2.05) is 0 Å². The van der Waals surface area contributed by atoms with E-state index in [9.17, 15) is 13.2 Å². The summed E-state index contributed by atoms with van der Waals surface area (Å²) in [5.74, 6) is -0.192. The molecule has 104 valence electrons. The average molecular weight is 285 g/mol. The fraction of sp³-hybridized carbons (Fsp3) is 0.417. The molecule has 1 atom stereocenters. The maximum Gasteiger partial charge on any atom is 0.338 e. The number of anilines is 1. The fourth-order valence-electron chi connectivity index (χ4n) is 1.93. The van der Waals surface area contributed by atoms with E-state index in [2.05, 4.69) is 0 Å². The highest BCUT2D eigenvalue weighted by Crippen LogP contribution is 2.21. The maximum absolute atomic E-state index is 11.9. The van der Waals surface area contributed by atoms with Crippen molar-refractivity contribution in [1.82, 2.24) is 0 Å². The number of benzene rings is 1. The number of nitrogens with two attached hydrogens (primary N) is 1. The van der Waals surface area contributed by atoms with Gasteiger partial charge in [-0.2, -0.15) is 0 Å². The number of ether oxygens (including phenoxy) is 2. The lowest BCUT2D eigenvalue weighted by molar-refractivity contribution is 0.0356. The van der Waals surface area contributed by atoms with Crippen LogP contribution in [0.5, 0.6) is 5.75 Å². The molecule has 1 aromatic rings. The van der Waals surface area contributed by atoms with Crippen LogP contribution in [0.25, 0.3) is 0 Å². The molecule has 0 bridgehead atoms. The van der Waals surface area contributed by atoms with Gasteiger partial charge in [-0.25, -0.2) is 13.2 Å². The molecule has 6 nitrogen and oxygen atoms in total. The number of hydrogen-bond donors (Lipinski definition) is 1. The molecule has 0 aliphatic carbocycles. The van der Waals surface area contributed by atoms with Crippen molar-refractivity contribution in [2.45, 2.75) is 12.5 Å². The van der Waals surface area contributed by atoms with Crippen molar-refractivity contribution in [2.75, 3.05) is 24.3 Å². The van der Waals surface area contributed by atoms with Crippen molar-refractivity contribution >= 4 is 21.5 Å². The van der Waals surface area contributed by atoms with Gasteiger partial charge in [0, 0.05) is 11.8 Å². The van der Waals surface area contributed by atoms with Gasteiger partial charge in [-0.15, -0.1) is 0 Å². The summed E-state index contributed by atoms with van der Waals surface area (Å²) in [5.41, 5.74) is 6.27. The molecule has 1 aliphatic heterocycles. The first kappa shape index (κ1) is 13.7. The summed E-state index contributed by atoms with van der Waals surface area (Å²) in [7, 11) is -1.61. The average Bonchev–Trinajstić information content (AvgIpc) is 2.67. The van der Waals surface area contributed by atoms with Crippen LogP contribution in [-0.2, 0) is 14.6 Å². The first-order chi connectivity index (χ1) is 8.89. The zero-order valence-electron chi connectivity index (χ0n) is 10.5. The molecule has 1 aliphatic rings. The first-order valence-electron chi connectivity index (χ1n) is 5.75. The summed E-state index contributed by atoms with van der Waals surface area (Å²) in [4.78, 5) is 11.9. The zero-order chi connectivity index (χ0) is 14.0. The van der Waals surface area contributed by atoms with Crippen molar-refractivity contribution in [1.29, 1.82) is 0 Å². The van der Waals surface area contributed by atoms with Crippen LogP contribution < -0.4 is 10.5 Å². The highest BCUT2D eigenvalue weighted by atomic mass is 32.2. The predicted molar refractivity (Wildman–Crippen MR) is 69.9 cm³/mol. The molecule has 2 N–H and O–H groups in total. The van der Waals surface area contributed by atoms with E-state index in [1.54, 1.807) is 6.07 Å². The van der Waals surface area contributed by atoms with Crippen molar-refractivity contribution in [2.24, 2.45) is 0 Å². The van der Waals surface area contributed by atoms with E-state index in [4.69, 9.17) is 15.2 Å². The van der Waals surface area contributed by atoms with Crippen LogP contribution in [-0.4, -0.2) is 39.1 Å². The van der Waals surface area contributed by atoms with Crippen LogP contribution >= 0.6 is 0 Å². The third-order valence-corrected chi connectivity index (χ3v) is 4.60. The lowest BCUT2D eigenvalue weighted by Gasteiger charge is -2.11. The molecular formula is C12H15NO5S. The molecule has 1 heterocycles. The molecule has 2 rings (SSSR count). The van der Waals surface area contributed by atoms with Gasteiger partial charge in [-0.05, 0) is 18.6 Å². The molecular weight excluding hydrogens is 270 g/mol. The Morgan fingerprint density at radius 3 is 2.68 bits per heavy atom. The first-order valence-corrected chi connectivity index (χ1v) is 7.58. The monoisotopic (exact) mass is 285 g/mol. The summed E-state index contributed by atoms with van der Waals surface area (Å²) in [6, 6.07) is 4.55. The minimum Gasteiger partial charge on any atom is -0.497 e. The van der Waals surface area contributed by atoms with Gasteiger partial charge >= 0.3 is 5.97 Å². The quantitative estimate of drug-likeness (QED) is 0.646. The third-order valence-electron chi connectivity index (χ3n) is 2.86. The molecule has 1 fully saturated rings. The van der Waals surface area contributed by atoms with Crippen molar-refractivity contribution < 1.29 is 22.7 Å². The van der Waals surface area contributed by atoms with E-state index >= 15 is 0 Å². The topological polar surface area (TPSA) is 95.7 Å². The third kappa shape index (κ3) is 3.37. The van der Waals surface area contributed by atoms with Gasteiger partial charge in [0.1, 0.15) is 11.9 Å². The van der Waals surface area contributed by atoms with E-state index in [1.165, 1.54) is 19.2 Å². The summed E-state index contributed by atoms with van der Waals surface area (Å²) in [6.45, 7) is 0. The van der Waals surface area contributed by atoms with Gasteiger partial charge in [0.25, 0.3) is 0 Å². The highest BCUT2D eigenvalue weighted by Gasteiger charge is 2.31. The predicted octanol–water partition coefficient (Wildman–Crippen LogP) is 0.621. The van der Waals surface area contributed by atoms with Crippen LogP contribution in [0.2, 0.25) is 0 Å². The van der Waals surface area contributed by atoms with Gasteiger partial charge in [-0.3, -0.25) is 0 Å². The van der Waals surface area contributed by atoms with Crippen LogP contribution in [0.4, 0.5) is 5.69 Å². The van der Waals surface area contributed by atoms with Gasteiger partial charge in [0.15, 0.2) is 9.84 Å². The van der Waals surface area contributed by atoms with E-state index in [0.717, 1.165) is 0 Å². The number of methoxy groups -OCH3 is 1. The molecule has 19 heavy (non-hydrogen) atoms. The van der Waals surface area contributed by atoms with Crippen molar-refractivity contribution in [3.05, 3.63) is 23.8 Å². The van der Waals surface area contributed by atoms with Crippen LogP contribution in [0.3, 0.4) is 0 Å². The SMILES string of the molecule is COc1cc(N)cc(C(=O)OC2CCS(=O)(=O)C2)c1. The molecule has 0 saturated carbocycles. The smallest absolute Gasteiger partial charge is 0.338 e. The largest absolute Gasteiger partial charge is 0.497 e. The fourth-order valence-corrected chi connectivity index (χ4v) is 3.52. The minimum absolute atomic E-state index is 0.0607. The second-order valence-electron chi connectivity index (χ2n) is 4.43. The second-order valence-corrected chi connectivity index (χ2v) is 6.65. The van der Waals surface area contributed by atoms with Crippen LogP contribution in [0.1, 0.15) is 16.8 Å². The molecule has 1 unspecified atom stereocenters. The van der Waals surface area contributed by atoms with E-state index < -0.39 is 21.9 Å². The molecule has 0 amide bonds. The highest BCUT2D eigenvalue weighted by molar-refractivity contribution is 7.91. The van der Waals surface area contributed by atoms with Gasteiger partial charge in [0.2, 0.25) is 0 Å². The summed E-state index contributed by atoms with van der Waals surface area (Å²) < 4.78 is 32.7. The number of rotatable bonds is 3. The van der Waals surface area contributed by atoms with Crippen LogP contribution in [0, 0.1) is 0 Å². The van der Waals surface area contributed by atoms with E-state index in [-0.39, 0.29) is 17.1 Å². The maximum atomic E-state index is 11.9. The standard InChI is InChI=1S/C12H15NO5S/c1-17-11-5-8(4-9(13)6-11)12(14)18-10-2-3-19(15,16)7-10/h4-6,10H,2-3,7,13H2,1H3. The van der Waals surface area contributed by atoms with Crippen molar-refractivity contribution in [3.8, 4) is 5.75 Å². The molecule has 0 spiro atoms. The zero-order valence-corrected chi connectivity index (χ0v) is 11.3. The molecule has 7 heteroatoms. The van der Waals surface area contributed by atoms with Crippen molar-refractivity contribution in [3.63, 3.8) is 0 Å². The van der Waals surface area contributed by atoms with Gasteiger partial charge in [-0.1, -0.05) is 0 Å². The Hall–Kier alpha value is -1.76. The van der Waals surface area contributed by atoms with Gasteiger partial charge in [0.05, 0.1) is 24.2 Å².